The molecule has 0 unspecified atom stereocenters. The normalized spacial score (nSPS) is 11.3. The summed E-state index contributed by atoms with van der Waals surface area (Å²) in [5.41, 5.74) is 8.53. The van der Waals surface area contributed by atoms with Crippen molar-refractivity contribution < 1.29 is 4.39 Å². The van der Waals surface area contributed by atoms with Gasteiger partial charge in [0.25, 0.3) is 0 Å². The summed E-state index contributed by atoms with van der Waals surface area (Å²) in [6, 6.07) is 4.94. The van der Waals surface area contributed by atoms with Crippen LogP contribution in [-0.4, -0.2) is 9.78 Å². The van der Waals surface area contributed by atoms with Gasteiger partial charge < -0.3 is 5.73 Å². The molecular formula is C14H17BrFN3. The highest BCUT2D eigenvalue weighted by Gasteiger charge is 2.19. The lowest BCUT2D eigenvalue weighted by Gasteiger charge is -2.08. The highest BCUT2D eigenvalue weighted by molar-refractivity contribution is 9.10. The minimum atomic E-state index is -0.294. The van der Waals surface area contributed by atoms with Crippen molar-refractivity contribution in [2.24, 2.45) is 13.0 Å². The predicted octanol–water partition coefficient (Wildman–Crippen LogP) is 3.77. The van der Waals surface area contributed by atoms with E-state index in [1.807, 2.05) is 6.07 Å². The molecule has 5 heteroatoms. The first-order valence-electron chi connectivity index (χ1n) is 6.17. The van der Waals surface area contributed by atoms with Crippen molar-refractivity contribution >= 4 is 21.7 Å². The van der Waals surface area contributed by atoms with Gasteiger partial charge in [-0.15, -0.1) is 0 Å². The van der Waals surface area contributed by atoms with Gasteiger partial charge in [-0.25, -0.2) is 4.39 Å². The summed E-state index contributed by atoms with van der Waals surface area (Å²) in [6.45, 7) is 4.24. The van der Waals surface area contributed by atoms with Crippen molar-refractivity contribution in [3.63, 3.8) is 0 Å². The number of aryl methyl sites for hydroxylation is 1. The summed E-state index contributed by atoms with van der Waals surface area (Å²) in [7, 11) is 1.80. The maximum absolute atomic E-state index is 13.7. The molecule has 102 valence electrons. The molecule has 0 bridgehead atoms. The molecule has 2 N–H and O–H groups in total. The third kappa shape index (κ3) is 2.66. The molecule has 19 heavy (non-hydrogen) atoms. The van der Waals surface area contributed by atoms with E-state index in [-0.39, 0.29) is 5.82 Å². The fourth-order valence-corrected chi connectivity index (χ4v) is 2.55. The van der Waals surface area contributed by atoms with Crippen LogP contribution in [0.2, 0.25) is 0 Å². The second-order valence-corrected chi connectivity index (χ2v) is 5.83. The molecule has 1 heterocycles. The first-order chi connectivity index (χ1) is 8.91. The molecule has 0 fully saturated rings. The molecule has 0 saturated heterocycles. The zero-order valence-electron chi connectivity index (χ0n) is 11.2. The third-order valence-electron chi connectivity index (χ3n) is 3.01. The number of rotatable bonds is 3. The number of nitrogen functional groups attached to an aromatic ring is 1. The number of benzene rings is 1. The summed E-state index contributed by atoms with van der Waals surface area (Å²) in [4.78, 5) is 0. The Morgan fingerprint density at radius 2 is 2.11 bits per heavy atom. The van der Waals surface area contributed by atoms with E-state index < -0.39 is 0 Å². The smallest absolute Gasteiger partial charge is 0.138 e. The Bertz CT molecular complexity index is 605. The van der Waals surface area contributed by atoms with Gasteiger partial charge in [-0.05, 0) is 34.3 Å². The van der Waals surface area contributed by atoms with E-state index in [1.165, 1.54) is 6.07 Å². The van der Waals surface area contributed by atoms with E-state index in [4.69, 9.17) is 5.73 Å². The summed E-state index contributed by atoms with van der Waals surface area (Å²) in [6.07, 6.45) is 0.817. The Morgan fingerprint density at radius 1 is 1.42 bits per heavy atom. The summed E-state index contributed by atoms with van der Waals surface area (Å²) in [5, 5.41) is 4.43. The topological polar surface area (TPSA) is 43.8 Å². The molecule has 0 aliphatic heterocycles. The van der Waals surface area contributed by atoms with Gasteiger partial charge in [0.2, 0.25) is 0 Å². The molecule has 0 saturated carbocycles. The molecule has 0 aliphatic carbocycles. The number of anilines is 1. The fraction of sp³-hybridized carbons (Fsp3) is 0.357. The van der Waals surface area contributed by atoms with Crippen LogP contribution in [-0.2, 0) is 13.5 Å². The first kappa shape index (κ1) is 14.1. The van der Waals surface area contributed by atoms with E-state index >= 15 is 0 Å². The summed E-state index contributed by atoms with van der Waals surface area (Å²) < 4.78 is 15.7. The Hall–Kier alpha value is -1.36. The molecule has 0 atom stereocenters. The Labute approximate surface area is 120 Å². The SMILES string of the molecule is CC(C)Cc1c(-c2cccc(F)c2Br)nn(C)c1N. The van der Waals surface area contributed by atoms with E-state index in [0.29, 0.717) is 16.2 Å². The van der Waals surface area contributed by atoms with Crippen LogP contribution >= 0.6 is 15.9 Å². The average molecular weight is 326 g/mol. The Balaban J connectivity index is 2.62. The van der Waals surface area contributed by atoms with Gasteiger partial charge in [0.15, 0.2) is 0 Å². The molecule has 1 aromatic carbocycles. The number of hydrogen-bond donors (Lipinski definition) is 1. The Morgan fingerprint density at radius 3 is 2.74 bits per heavy atom. The van der Waals surface area contributed by atoms with Crippen molar-refractivity contribution in [1.29, 1.82) is 0 Å². The molecule has 0 aliphatic rings. The minimum absolute atomic E-state index is 0.294. The molecule has 0 spiro atoms. The largest absolute Gasteiger partial charge is 0.384 e. The van der Waals surface area contributed by atoms with Crippen LogP contribution in [0.4, 0.5) is 10.2 Å². The minimum Gasteiger partial charge on any atom is -0.384 e. The molecule has 0 amide bonds. The van der Waals surface area contributed by atoms with E-state index in [2.05, 4.69) is 34.9 Å². The van der Waals surface area contributed by atoms with Gasteiger partial charge in [-0.2, -0.15) is 5.10 Å². The zero-order valence-corrected chi connectivity index (χ0v) is 12.8. The van der Waals surface area contributed by atoms with Gasteiger partial charge in [0, 0.05) is 18.2 Å². The maximum atomic E-state index is 13.7. The molecule has 0 radical (unpaired) electrons. The lowest BCUT2D eigenvalue weighted by Crippen LogP contribution is -2.02. The van der Waals surface area contributed by atoms with Gasteiger partial charge in [-0.1, -0.05) is 26.0 Å². The molecule has 2 rings (SSSR count). The van der Waals surface area contributed by atoms with Crippen LogP contribution < -0.4 is 5.73 Å². The van der Waals surface area contributed by atoms with E-state index in [9.17, 15) is 4.39 Å². The van der Waals surface area contributed by atoms with Gasteiger partial charge in [0.05, 0.1) is 10.2 Å². The number of hydrogen-bond acceptors (Lipinski definition) is 2. The lowest BCUT2D eigenvalue weighted by molar-refractivity contribution is 0.621. The number of halogens is 2. The second kappa shape index (κ2) is 5.33. The van der Waals surface area contributed by atoms with E-state index in [0.717, 1.165) is 23.2 Å². The lowest BCUT2D eigenvalue weighted by atomic mass is 9.99. The predicted molar refractivity (Wildman–Crippen MR) is 79.3 cm³/mol. The van der Waals surface area contributed by atoms with Crippen LogP contribution in [0, 0.1) is 11.7 Å². The van der Waals surface area contributed by atoms with Crippen molar-refractivity contribution in [1.82, 2.24) is 9.78 Å². The van der Waals surface area contributed by atoms with Crippen LogP contribution in [0.15, 0.2) is 22.7 Å². The fourth-order valence-electron chi connectivity index (χ4n) is 2.09. The highest BCUT2D eigenvalue weighted by Crippen LogP contribution is 2.34. The van der Waals surface area contributed by atoms with Crippen LogP contribution in [0.5, 0.6) is 0 Å². The van der Waals surface area contributed by atoms with Crippen molar-refractivity contribution in [2.45, 2.75) is 20.3 Å². The van der Waals surface area contributed by atoms with Gasteiger partial charge >= 0.3 is 0 Å². The monoisotopic (exact) mass is 325 g/mol. The molecule has 2 aromatic rings. The van der Waals surface area contributed by atoms with E-state index in [1.54, 1.807) is 17.8 Å². The van der Waals surface area contributed by atoms with Crippen LogP contribution in [0.25, 0.3) is 11.3 Å². The second-order valence-electron chi connectivity index (χ2n) is 5.04. The van der Waals surface area contributed by atoms with Crippen molar-refractivity contribution in [3.8, 4) is 11.3 Å². The van der Waals surface area contributed by atoms with Crippen LogP contribution in [0.1, 0.15) is 19.4 Å². The number of nitrogens with zero attached hydrogens (tertiary/aromatic N) is 2. The third-order valence-corrected chi connectivity index (χ3v) is 3.82. The highest BCUT2D eigenvalue weighted by atomic mass is 79.9. The molecular weight excluding hydrogens is 309 g/mol. The average Bonchev–Trinajstić information content (AvgIpc) is 2.60. The van der Waals surface area contributed by atoms with Gasteiger partial charge in [0.1, 0.15) is 11.6 Å². The van der Waals surface area contributed by atoms with Gasteiger partial charge in [-0.3, -0.25) is 4.68 Å². The quantitative estimate of drug-likeness (QED) is 0.933. The van der Waals surface area contributed by atoms with Crippen molar-refractivity contribution in [2.75, 3.05) is 5.73 Å². The zero-order chi connectivity index (χ0) is 14.2. The standard InChI is InChI=1S/C14H17BrFN3/c1-8(2)7-10-13(18-19(3)14(10)17)9-5-4-6-11(16)12(9)15/h4-6,8H,7,17H2,1-3H3. The number of aromatic nitrogens is 2. The number of nitrogens with two attached hydrogens (primary N) is 1. The summed E-state index contributed by atoms with van der Waals surface area (Å²) in [5.74, 6) is 0.801. The molecule has 1 aromatic heterocycles. The van der Waals surface area contributed by atoms with Crippen LogP contribution in [0.3, 0.4) is 0 Å². The Kier molecular flexibility index (Phi) is 3.94. The maximum Gasteiger partial charge on any atom is 0.138 e. The molecule has 3 nitrogen and oxygen atoms in total. The van der Waals surface area contributed by atoms with Crippen molar-refractivity contribution in [3.05, 3.63) is 34.1 Å². The summed E-state index contributed by atoms with van der Waals surface area (Å²) >= 11 is 3.29. The first-order valence-corrected chi connectivity index (χ1v) is 6.96.